The van der Waals surface area contributed by atoms with Gasteiger partial charge in [-0.25, -0.2) is 0 Å². The molecule has 1 atom stereocenters. The summed E-state index contributed by atoms with van der Waals surface area (Å²) in [6.45, 7) is 2.06. The van der Waals surface area contributed by atoms with Crippen LogP contribution >= 0.6 is 23.2 Å². The number of fused-ring (bicyclic) bond motifs is 1. The third kappa shape index (κ3) is 3.23. The Labute approximate surface area is 186 Å². The molecule has 5 rings (SSSR count). The van der Waals surface area contributed by atoms with Crippen LogP contribution < -0.4 is 0 Å². The van der Waals surface area contributed by atoms with Gasteiger partial charge in [-0.1, -0.05) is 78.4 Å². The summed E-state index contributed by atoms with van der Waals surface area (Å²) in [5, 5.41) is 8.61. The number of rotatable bonds is 3. The van der Waals surface area contributed by atoms with E-state index in [4.69, 9.17) is 23.2 Å². The van der Waals surface area contributed by atoms with Crippen molar-refractivity contribution < 1.29 is 4.79 Å². The first-order valence-electron chi connectivity index (χ1n) is 10.5. The fraction of sp³-hybridized carbons (Fsp3) is 0.333. The zero-order chi connectivity index (χ0) is 20.8. The quantitative estimate of drug-likeness (QED) is 0.501. The lowest BCUT2D eigenvalue weighted by molar-refractivity contribution is 0.0606. The van der Waals surface area contributed by atoms with E-state index in [9.17, 15) is 4.79 Å². The van der Waals surface area contributed by atoms with E-state index >= 15 is 0 Å². The second kappa shape index (κ2) is 7.75. The fourth-order valence-corrected chi connectivity index (χ4v) is 5.15. The summed E-state index contributed by atoms with van der Waals surface area (Å²) >= 11 is 12.6. The largest absolute Gasteiger partial charge is 0.323 e. The molecule has 30 heavy (non-hydrogen) atoms. The van der Waals surface area contributed by atoms with Crippen LogP contribution in [0.1, 0.15) is 65.3 Å². The molecule has 154 valence electrons. The minimum Gasteiger partial charge on any atom is -0.323 e. The van der Waals surface area contributed by atoms with E-state index in [1.54, 1.807) is 0 Å². The lowest BCUT2D eigenvalue weighted by Gasteiger charge is -2.36. The van der Waals surface area contributed by atoms with Crippen molar-refractivity contribution in [3.8, 4) is 11.3 Å². The zero-order valence-electron chi connectivity index (χ0n) is 16.8. The monoisotopic (exact) mass is 439 g/mol. The van der Waals surface area contributed by atoms with Gasteiger partial charge in [0.25, 0.3) is 5.91 Å². The number of amides is 1. The third-order valence-corrected chi connectivity index (χ3v) is 7.10. The summed E-state index contributed by atoms with van der Waals surface area (Å²) < 4.78 is 0. The van der Waals surface area contributed by atoms with Gasteiger partial charge in [0.05, 0.1) is 21.8 Å². The SMILES string of the molecule is Cc1ccc(-c2n[nH]c3c2C(c2ccc(Cl)c(Cl)c2)N(C2CCCCC2)C3=O)cc1. The average molecular weight is 440 g/mol. The number of nitrogens with zero attached hydrogens (tertiary/aromatic N) is 2. The Kier molecular flexibility index (Phi) is 5.08. The number of carbonyl (C=O) groups is 1. The van der Waals surface area contributed by atoms with Crippen LogP contribution in [0.25, 0.3) is 11.3 Å². The van der Waals surface area contributed by atoms with E-state index in [1.165, 1.54) is 12.0 Å². The molecule has 2 heterocycles. The summed E-state index contributed by atoms with van der Waals surface area (Å²) in [5.74, 6) is 0.0267. The van der Waals surface area contributed by atoms with Gasteiger partial charge in [-0.3, -0.25) is 9.89 Å². The number of aromatic nitrogens is 2. The molecule has 0 spiro atoms. The van der Waals surface area contributed by atoms with E-state index in [0.29, 0.717) is 15.7 Å². The maximum absolute atomic E-state index is 13.5. The number of benzene rings is 2. The molecule has 1 amide bonds. The van der Waals surface area contributed by atoms with Crippen LogP contribution in [0, 0.1) is 6.92 Å². The lowest BCUT2D eigenvalue weighted by Crippen LogP contribution is -2.40. The van der Waals surface area contributed by atoms with Crippen molar-refractivity contribution in [1.29, 1.82) is 0 Å². The second-order valence-electron chi connectivity index (χ2n) is 8.31. The highest BCUT2D eigenvalue weighted by Crippen LogP contribution is 2.46. The maximum atomic E-state index is 13.5. The van der Waals surface area contributed by atoms with Gasteiger partial charge in [0, 0.05) is 17.2 Å². The van der Waals surface area contributed by atoms with Gasteiger partial charge < -0.3 is 4.90 Å². The van der Waals surface area contributed by atoms with Gasteiger partial charge in [0.15, 0.2) is 0 Å². The number of nitrogens with one attached hydrogen (secondary N) is 1. The summed E-state index contributed by atoms with van der Waals surface area (Å²) in [7, 11) is 0. The molecule has 2 aromatic carbocycles. The van der Waals surface area contributed by atoms with E-state index in [1.807, 2.05) is 18.2 Å². The highest BCUT2D eigenvalue weighted by Gasteiger charge is 2.45. The van der Waals surface area contributed by atoms with Crippen molar-refractivity contribution >= 4 is 29.1 Å². The van der Waals surface area contributed by atoms with Crippen molar-refractivity contribution in [3.63, 3.8) is 0 Å². The van der Waals surface area contributed by atoms with Crippen molar-refractivity contribution in [3.05, 3.63) is 74.9 Å². The Balaban J connectivity index is 1.67. The first-order chi connectivity index (χ1) is 14.5. The van der Waals surface area contributed by atoms with Crippen LogP contribution in [0.3, 0.4) is 0 Å². The Morgan fingerprint density at radius 1 is 1.00 bits per heavy atom. The topological polar surface area (TPSA) is 49.0 Å². The van der Waals surface area contributed by atoms with E-state index in [-0.39, 0.29) is 18.0 Å². The molecule has 1 unspecified atom stereocenters. The smallest absolute Gasteiger partial charge is 0.273 e. The average Bonchev–Trinajstić information content (AvgIpc) is 3.30. The number of H-pyrrole nitrogens is 1. The third-order valence-electron chi connectivity index (χ3n) is 6.36. The Bertz CT molecular complexity index is 1100. The molecule has 1 fully saturated rings. The Morgan fingerprint density at radius 3 is 2.43 bits per heavy atom. The first kappa shape index (κ1) is 19.7. The Morgan fingerprint density at radius 2 is 1.73 bits per heavy atom. The van der Waals surface area contributed by atoms with Crippen molar-refractivity contribution in [2.45, 2.75) is 51.1 Å². The van der Waals surface area contributed by atoms with E-state index in [0.717, 1.165) is 48.1 Å². The van der Waals surface area contributed by atoms with Gasteiger partial charge in [-0.15, -0.1) is 0 Å². The van der Waals surface area contributed by atoms with Crippen LogP contribution in [0.15, 0.2) is 42.5 Å². The number of aryl methyl sites for hydroxylation is 1. The molecular formula is C24H23Cl2N3O. The number of aromatic amines is 1. The van der Waals surface area contributed by atoms with Crippen molar-refractivity contribution in [2.75, 3.05) is 0 Å². The van der Waals surface area contributed by atoms with Gasteiger partial charge in [-0.05, 0) is 37.5 Å². The van der Waals surface area contributed by atoms with Crippen molar-refractivity contribution in [1.82, 2.24) is 15.1 Å². The number of hydrogen-bond donors (Lipinski definition) is 1. The molecule has 1 aliphatic carbocycles. The fourth-order valence-electron chi connectivity index (χ4n) is 4.84. The van der Waals surface area contributed by atoms with Gasteiger partial charge >= 0.3 is 0 Å². The molecule has 0 radical (unpaired) electrons. The molecule has 0 saturated heterocycles. The summed E-state index contributed by atoms with van der Waals surface area (Å²) in [5.41, 5.74) is 5.51. The molecule has 0 bridgehead atoms. The standard InChI is InChI=1S/C24H23Cl2N3O/c1-14-7-9-15(10-8-14)21-20-22(28-27-21)24(30)29(17-5-3-2-4-6-17)23(20)16-11-12-18(25)19(26)13-16/h7-13,17,23H,2-6H2,1H3,(H,27,28). The predicted octanol–water partition coefficient (Wildman–Crippen LogP) is 6.57. The Hall–Kier alpha value is -2.30. The van der Waals surface area contributed by atoms with Crippen LogP contribution in [-0.2, 0) is 0 Å². The first-order valence-corrected chi connectivity index (χ1v) is 11.2. The zero-order valence-corrected chi connectivity index (χ0v) is 18.3. The minimum absolute atomic E-state index is 0.0267. The highest BCUT2D eigenvalue weighted by molar-refractivity contribution is 6.42. The van der Waals surface area contributed by atoms with Gasteiger partial charge in [0.2, 0.25) is 0 Å². The van der Waals surface area contributed by atoms with Crippen LogP contribution in [0.5, 0.6) is 0 Å². The molecule has 3 aromatic rings. The molecule has 2 aliphatic rings. The number of hydrogen-bond acceptors (Lipinski definition) is 2. The molecule has 1 aromatic heterocycles. The number of halogens is 2. The molecule has 1 saturated carbocycles. The van der Waals surface area contributed by atoms with Gasteiger partial charge in [-0.2, -0.15) is 5.10 Å². The number of carbonyl (C=O) groups excluding carboxylic acids is 1. The summed E-state index contributed by atoms with van der Waals surface area (Å²) in [6, 6.07) is 13.9. The molecule has 1 N–H and O–H groups in total. The van der Waals surface area contributed by atoms with Crippen molar-refractivity contribution in [2.24, 2.45) is 0 Å². The predicted molar refractivity (Wildman–Crippen MR) is 120 cm³/mol. The second-order valence-corrected chi connectivity index (χ2v) is 9.12. The molecule has 6 heteroatoms. The highest BCUT2D eigenvalue weighted by atomic mass is 35.5. The van der Waals surface area contributed by atoms with Crippen LogP contribution in [0.4, 0.5) is 0 Å². The maximum Gasteiger partial charge on any atom is 0.273 e. The lowest BCUT2D eigenvalue weighted by atomic mass is 9.91. The molecule has 4 nitrogen and oxygen atoms in total. The summed E-state index contributed by atoms with van der Waals surface area (Å²) in [6.07, 6.45) is 5.60. The summed E-state index contributed by atoms with van der Waals surface area (Å²) in [4.78, 5) is 15.6. The van der Waals surface area contributed by atoms with E-state index in [2.05, 4.69) is 46.3 Å². The van der Waals surface area contributed by atoms with Crippen LogP contribution in [-0.4, -0.2) is 27.0 Å². The van der Waals surface area contributed by atoms with Crippen LogP contribution in [0.2, 0.25) is 10.0 Å². The van der Waals surface area contributed by atoms with E-state index < -0.39 is 0 Å². The van der Waals surface area contributed by atoms with Gasteiger partial charge in [0.1, 0.15) is 5.69 Å². The minimum atomic E-state index is -0.222. The molecular weight excluding hydrogens is 417 g/mol. The molecule has 1 aliphatic heterocycles. The normalized spacial score (nSPS) is 19.4.